The van der Waals surface area contributed by atoms with E-state index in [2.05, 4.69) is 9.97 Å². The van der Waals surface area contributed by atoms with Crippen LogP contribution in [-0.4, -0.2) is 29.1 Å². The normalized spacial score (nSPS) is 16.5. The molecule has 1 aliphatic rings. The van der Waals surface area contributed by atoms with Gasteiger partial charge in [-0.3, -0.25) is 0 Å². The molecular formula is C8H9N5. The van der Waals surface area contributed by atoms with E-state index in [0.29, 0.717) is 11.6 Å². The molecule has 0 spiro atoms. The molecule has 1 aromatic rings. The van der Waals surface area contributed by atoms with E-state index in [-0.39, 0.29) is 6.04 Å². The SMILES string of the molecule is N#Cc1ccnc(N2CC(N)C2)n1. The maximum Gasteiger partial charge on any atom is 0.226 e. The second kappa shape index (κ2) is 2.99. The number of nitrogens with two attached hydrogens (primary N) is 1. The van der Waals surface area contributed by atoms with Crippen molar-refractivity contribution < 1.29 is 0 Å². The van der Waals surface area contributed by atoms with Gasteiger partial charge in [0.1, 0.15) is 11.8 Å². The summed E-state index contributed by atoms with van der Waals surface area (Å²) in [5, 5.41) is 8.60. The standard InChI is InChI=1S/C8H9N5/c9-3-7-1-2-11-8(12-7)13-4-6(10)5-13/h1-2,6H,4-5,10H2. The Morgan fingerprint density at radius 2 is 2.38 bits per heavy atom. The highest BCUT2D eigenvalue weighted by Crippen LogP contribution is 2.14. The van der Waals surface area contributed by atoms with E-state index in [4.69, 9.17) is 11.0 Å². The molecular weight excluding hydrogens is 166 g/mol. The van der Waals surface area contributed by atoms with Gasteiger partial charge in [0.2, 0.25) is 5.95 Å². The highest BCUT2D eigenvalue weighted by atomic mass is 15.3. The zero-order chi connectivity index (χ0) is 9.26. The maximum absolute atomic E-state index is 8.60. The molecule has 5 nitrogen and oxygen atoms in total. The Labute approximate surface area is 75.8 Å². The molecule has 0 aliphatic carbocycles. The molecule has 66 valence electrons. The predicted octanol–water partition coefficient (Wildman–Crippen LogP) is -0.504. The number of anilines is 1. The number of hydrogen-bond donors (Lipinski definition) is 1. The van der Waals surface area contributed by atoms with Crippen LogP contribution in [-0.2, 0) is 0 Å². The summed E-state index contributed by atoms with van der Waals surface area (Å²) >= 11 is 0. The van der Waals surface area contributed by atoms with Gasteiger partial charge in [-0.25, -0.2) is 9.97 Å². The Morgan fingerprint density at radius 3 is 3.00 bits per heavy atom. The summed E-state index contributed by atoms with van der Waals surface area (Å²) < 4.78 is 0. The molecule has 1 aliphatic heterocycles. The van der Waals surface area contributed by atoms with Gasteiger partial charge < -0.3 is 10.6 Å². The molecule has 0 bridgehead atoms. The smallest absolute Gasteiger partial charge is 0.226 e. The van der Waals surface area contributed by atoms with Crippen LogP contribution < -0.4 is 10.6 Å². The molecule has 0 amide bonds. The minimum absolute atomic E-state index is 0.217. The maximum atomic E-state index is 8.60. The lowest BCUT2D eigenvalue weighted by atomic mass is 10.1. The first-order valence-corrected chi connectivity index (χ1v) is 4.03. The van der Waals surface area contributed by atoms with Crippen molar-refractivity contribution in [2.45, 2.75) is 6.04 Å². The van der Waals surface area contributed by atoms with E-state index < -0.39 is 0 Å². The summed E-state index contributed by atoms with van der Waals surface area (Å²) in [4.78, 5) is 10.0. The summed E-state index contributed by atoms with van der Waals surface area (Å²) in [5.41, 5.74) is 6.01. The van der Waals surface area contributed by atoms with E-state index in [9.17, 15) is 0 Å². The minimum atomic E-state index is 0.217. The summed E-state index contributed by atoms with van der Waals surface area (Å²) in [6.45, 7) is 1.55. The van der Waals surface area contributed by atoms with E-state index >= 15 is 0 Å². The molecule has 2 heterocycles. The topological polar surface area (TPSA) is 78.8 Å². The fourth-order valence-electron chi connectivity index (χ4n) is 1.24. The second-order valence-electron chi connectivity index (χ2n) is 3.02. The predicted molar refractivity (Wildman–Crippen MR) is 46.9 cm³/mol. The first-order valence-electron chi connectivity index (χ1n) is 4.03. The Bertz CT molecular complexity index is 350. The van der Waals surface area contributed by atoms with Gasteiger partial charge >= 0.3 is 0 Å². The van der Waals surface area contributed by atoms with Crippen molar-refractivity contribution in [3.8, 4) is 6.07 Å². The van der Waals surface area contributed by atoms with Crippen LogP contribution >= 0.6 is 0 Å². The van der Waals surface area contributed by atoms with Crippen molar-refractivity contribution in [3.63, 3.8) is 0 Å². The van der Waals surface area contributed by atoms with Gasteiger partial charge in [-0.2, -0.15) is 5.26 Å². The van der Waals surface area contributed by atoms with E-state index in [1.54, 1.807) is 12.3 Å². The highest BCUT2D eigenvalue weighted by molar-refractivity contribution is 5.37. The van der Waals surface area contributed by atoms with Crippen LogP contribution in [0.4, 0.5) is 5.95 Å². The zero-order valence-electron chi connectivity index (χ0n) is 7.01. The van der Waals surface area contributed by atoms with Crippen LogP contribution in [0.15, 0.2) is 12.3 Å². The molecule has 1 fully saturated rings. The number of aromatic nitrogens is 2. The molecule has 2 N–H and O–H groups in total. The lowest BCUT2D eigenvalue weighted by molar-refractivity contribution is 0.508. The monoisotopic (exact) mass is 175 g/mol. The fourth-order valence-corrected chi connectivity index (χ4v) is 1.24. The van der Waals surface area contributed by atoms with Crippen molar-refractivity contribution in [2.24, 2.45) is 5.73 Å². The van der Waals surface area contributed by atoms with Crippen LogP contribution in [0, 0.1) is 11.3 Å². The Balaban J connectivity index is 2.18. The summed E-state index contributed by atoms with van der Waals surface area (Å²) in [7, 11) is 0. The molecule has 0 unspecified atom stereocenters. The lowest BCUT2D eigenvalue weighted by Gasteiger charge is -2.36. The van der Waals surface area contributed by atoms with Crippen LogP contribution in [0.25, 0.3) is 0 Å². The molecule has 0 radical (unpaired) electrons. The zero-order valence-corrected chi connectivity index (χ0v) is 7.01. The van der Waals surface area contributed by atoms with Gasteiger partial charge in [-0.1, -0.05) is 0 Å². The number of hydrogen-bond acceptors (Lipinski definition) is 5. The van der Waals surface area contributed by atoms with Crippen molar-refractivity contribution >= 4 is 5.95 Å². The third-order valence-electron chi connectivity index (χ3n) is 1.95. The summed E-state index contributed by atoms with van der Waals surface area (Å²) in [6.07, 6.45) is 1.59. The van der Waals surface area contributed by atoms with Gasteiger partial charge in [0.25, 0.3) is 0 Å². The Hall–Kier alpha value is -1.67. The highest BCUT2D eigenvalue weighted by Gasteiger charge is 2.25. The van der Waals surface area contributed by atoms with Crippen LogP contribution in [0.1, 0.15) is 5.69 Å². The van der Waals surface area contributed by atoms with Gasteiger partial charge in [0.05, 0.1) is 0 Å². The first-order chi connectivity index (χ1) is 6.29. The molecule has 2 rings (SSSR count). The summed E-state index contributed by atoms with van der Waals surface area (Å²) in [5.74, 6) is 0.598. The van der Waals surface area contributed by atoms with Crippen LogP contribution in [0.2, 0.25) is 0 Å². The third kappa shape index (κ3) is 1.44. The molecule has 0 saturated carbocycles. The molecule has 0 aromatic carbocycles. The van der Waals surface area contributed by atoms with Crippen molar-refractivity contribution in [1.29, 1.82) is 5.26 Å². The van der Waals surface area contributed by atoms with Gasteiger partial charge in [-0.15, -0.1) is 0 Å². The van der Waals surface area contributed by atoms with Gasteiger partial charge in [0, 0.05) is 25.3 Å². The van der Waals surface area contributed by atoms with E-state index in [0.717, 1.165) is 13.1 Å². The third-order valence-corrected chi connectivity index (χ3v) is 1.95. The van der Waals surface area contributed by atoms with Crippen molar-refractivity contribution in [1.82, 2.24) is 9.97 Å². The Morgan fingerprint density at radius 1 is 1.62 bits per heavy atom. The molecule has 1 saturated heterocycles. The molecule has 5 heteroatoms. The van der Waals surface area contributed by atoms with Gasteiger partial charge in [0.15, 0.2) is 0 Å². The number of rotatable bonds is 1. The molecule has 0 atom stereocenters. The molecule has 1 aromatic heterocycles. The fraction of sp³-hybridized carbons (Fsp3) is 0.375. The number of nitriles is 1. The van der Waals surface area contributed by atoms with Crippen LogP contribution in [0.3, 0.4) is 0 Å². The minimum Gasteiger partial charge on any atom is -0.338 e. The van der Waals surface area contributed by atoms with Crippen molar-refractivity contribution in [2.75, 3.05) is 18.0 Å². The second-order valence-corrected chi connectivity index (χ2v) is 3.02. The lowest BCUT2D eigenvalue weighted by Crippen LogP contribution is -2.56. The van der Waals surface area contributed by atoms with E-state index in [1.165, 1.54) is 0 Å². The summed E-state index contributed by atoms with van der Waals surface area (Å²) in [6, 6.07) is 3.78. The largest absolute Gasteiger partial charge is 0.338 e. The van der Waals surface area contributed by atoms with E-state index in [1.807, 2.05) is 11.0 Å². The van der Waals surface area contributed by atoms with Gasteiger partial charge in [-0.05, 0) is 6.07 Å². The quantitative estimate of drug-likeness (QED) is 0.622. The van der Waals surface area contributed by atoms with Crippen molar-refractivity contribution in [3.05, 3.63) is 18.0 Å². The van der Waals surface area contributed by atoms with Crippen LogP contribution in [0.5, 0.6) is 0 Å². The first kappa shape index (κ1) is 7.95. The average molecular weight is 175 g/mol. The molecule has 13 heavy (non-hydrogen) atoms. The Kier molecular flexibility index (Phi) is 1.83. The average Bonchev–Trinajstić information content (AvgIpc) is 2.13. The number of nitrogens with zero attached hydrogens (tertiary/aromatic N) is 4.